The third-order valence-electron chi connectivity index (χ3n) is 2.83. The van der Waals surface area contributed by atoms with E-state index in [1.165, 1.54) is 0 Å². The average molecular weight is 265 g/mol. The summed E-state index contributed by atoms with van der Waals surface area (Å²) in [5.74, 6) is 1.45. The van der Waals surface area contributed by atoms with Gasteiger partial charge in [-0.2, -0.15) is 0 Å². The van der Waals surface area contributed by atoms with E-state index in [0.29, 0.717) is 24.7 Å². The van der Waals surface area contributed by atoms with Crippen LogP contribution in [0.3, 0.4) is 0 Å². The number of ether oxygens (including phenoxy) is 3. The van der Waals surface area contributed by atoms with Crippen LogP contribution in [0.4, 0.5) is 10.5 Å². The average Bonchev–Trinajstić information content (AvgIpc) is 2.70. The molecule has 1 atom stereocenters. The minimum Gasteiger partial charge on any atom is -0.494 e. The molecular weight excluding hydrogens is 246 g/mol. The van der Waals surface area contributed by atoms with Gasteiger partial charge in [0.05, 0.1) is 18.9 Å². The number of hydrogen-bond donors (Lipinski definition) is 1. The second-order valence-electron chi connectivity index (χ2n) is 4.36. The normalized spacial score (nSPS) is 16.5. The second kappa shape index (κ2) is 5.82. The third-order valence-corrected chi connectivity index (χ3v) is 2.83. The van der Waals surface area contributed by atoms with Crippen LogP contribution in [-0.4, -0.2) is 25.4 Å². The highest BCUT2D eigenvalue weighted by molar-refractivity contribution is 5.87. The Hall–Kier alpha value is -1.91. The zero-order valence-electron chi connectivity index (χ0n) is 11.5. The van der Waals surface area contributed by atoms with Crippen molar-refractivity contribution >= 4 is 11.8 Å². The summed E-state index contributed by atoms with van der Waals surface area (Å²) in [5, 5.41) is 2.74. The van der Waals surface area contributed by atoms with E-state index in [2.05, 4.69) is 5.32 Å². The fourth-order valence-electron chi connectivity index (χ4n) is 2.12. The predicted molar refractivity (Wildman–Crippen MR) is 72.0 cm³/mol. The quantitative estimate of drug-likeness (QED) is 0.909. The Bertz CT molecular complexity index is 473. The molecule has 0 fully saturated rings. The highest BCUT2D eigenvalue weighted by atomic mass is 16.5. The van der Waals surface area contributed by atoms with Crippen molar-refractivity contribution in [1.82, 2.24) is 0 Å². The Morgan fingerprint density at radius 3 is 2.89 bits per heavy atom. The molecule has 1 aromatic carbocycles. The maximum Gasteiger partial charge on any atom is 0.411 e. The molecule has 5 nitrogen and oxygen atoms in total. The molecule has 19 heavy (non-hydrogen) atoms. The van der Waals surface area contributed by atoms with Crippen LogP contribution in [0.15, 0.2) is 12.1 Å². The van der Waals surface area contributed by atoms with E-state index >= 15 is 0 Å². The van der Waals surface area contributed by atoms with Crippen molar-refractivity contribution in [3.05, 3.63) is 17.7 Å². The molecule has 5 heteroatoms. The lowest BCUT2D eigenvalue weighted by atomic mass is 10.1. The van der Waals surface area contributed by atoms with E-state index in [0.717, 1.165) is 17.7 Å². The number of benzene rings is 1. The summed E-state index contributed by atoms with van der Waals surface area (Å²) >= 11 is 0. The molecule has 0 aromatic heterocycles. The van der Waals surface area contributed by atoms with E-state index in [9.17, 15) is 4.79 Å². The van der Waals surface area contributed by atoms with Gasteiger partial charge in [-0.1, -0.05) is 0 Å². The van der Waals surface area contributed by atoms with Crippen molar-refractivity contribution in [3.8, 4) is 11.5 Å². The van der Waals surface area contributed by atoms with E-state index in [-0.39, 0.29) is 6.10 Å². The van der Waals surface area contributed by atoms with E-state index in [4.69, 9.17) is 14.2 Å². The van der Waals surface area contributed by atoms with Crippen molar-refractivity contribution in [2.75, 3.05) is 18.5 Å². The minimum atomic E-state index is -0.460. The number of amides is 1. The van der Waals surface area contributed by atoms with Gasteiger partial charge in [-0.3, -0.25) is 5.32 Å². The Morgan fingerprint density at radius 1 is 1.42 bits per heavy atom. The number of fused-ring (bicyclic) bond motifs is 1. The first kappa shape index (κ1) is 13.5. The maximum atomic E-state index is 11.5. The van der Waals surface area contributed by atoms with Crippen LogP contribution in [0, 0.1) is 0 Å². The number of anilines is 1. The van der Waals surface area contributed by atoms with Crippen molar-refractivity contribution < 1.29 is 19.0 Å². The van der Waals surface area contributed by atoms with Gasteiger partial charge >= 0.3 is 6.09 Å². The van der Waals surface area contributed by atoms with Gasteiger partial charge < -0.3 is 14.2 Å². The summed E-state index contributed by atoms with van der Waals surface area (Å²) in [4.78, 5) is 11.5. The van der Waals surface area contributed by atoms with Crippen LogP contribution < -0.4 is 14.8 Å². The fourth-order valence-corrected chi connectivity index (χ4v) is 2.12. The van der Waals surface area contributed by atoms with Gasteiger partial charge in [-0.15, -0.1) is 0 Å². The SMILES string of the molecule is CCOC(=O)Nc1cc(OCC)cc2c1CC(C)O2. The fraction of sp³-hybridized carbons (Fsp3) is 0.500. The molecule has 1 aliphatic heterocycles. The van der Waals surface area contributed by atoms with Gasteiger partial charge in [-0.25, -0.2) is 4.79 Å². The zero-order valence-corrected chi connectivity index (χ0v) is 11.5. The summed E-state index contributed by atoms with van der Waals surface area (Å²) in [6.45, 7) is 6.58. The molecule has 1 heterocycles. The first-order valence-corrected chi connectivity index (χ1v) is 6.54. The van der Waals surface area contributed by atoms with Gasteiger partial charge in [0.15, 0.2) is 0 Å². The van der Waals surface area contributed by atoms with Gasteiger partial charge in [0.1, 0.15) is 17.6 Å². The Morgan fingerprint density at radius 2 is 2.21 bits per heavy atom. The molecule has 0 bridgehead atoms. The van der Waals surface area contributed by atoms with Crippen molar-refractivity contribution in [2.24, 2.45) is 0 Å². The maximum absolute atomic E-state index is 11.5. The van der Waals surface area contributed by atoms with Gasteiger partial charge in [0.2, 0.25) is 0 Å². The standard InChI is InChI=1S/C14H19NO4/c1-4-17-10-7-12(15-14(16)18-5-2)11-6-9(3)19-13(11)8-10/h7-9H,4-6H2,1-3H3,(H,15,16). The molecule has 1 unspecified atom stereocenters. The Labute approximate surface area is 112 Å². The molecule has 1 aromatic rings. The smallest absolute Gasteiger partial charge is 0.411 e. The lowest BCUT2D eigenvalue weighted by Crippen LogP contribution is -2.14. The molecule has 0 saturated heterocycles. The molecule has 0 radical (unpaired) electrons. The van der Waals surface area contributed by atoms with Crippen molar-refractivity contribution in [1.29, 1.82) is 0 Å². The van der Waals surface area contributed by atoms with Crippen LogP contribution in [0.25, 0.3) is 0 Å². The molecule has 2 rings (SSSR count). The topological polar surface area (TPSA) is 56.8 Å². The van der Waals surface area contributed by atoms with Crippen LogP contribution in [0.1, 0.15) is 26.3 Å². The monoisotopic (exact) mass is 265 g/mol. The van der Waals surface area contributed by atoms with E-state index < -0.39 is 6.09 Å². The molecule has 104 valence electrons. The first-order chi connectivity index (χ1) is 9.13. The van der Waals surface area contributed by atoms with E-state index in [1.807, 2.05) is 19.9 Å². The molecule has 1 aliphatic rings. The summed E-state index contributed by atoms with van der Waals surface area (Å²) < 4.78 is 16.1. The summed E-state index contributed by atoms with van der Waals surface area (Å²) in [6.07, 6.45) is 0.413. The summed E-state index contributed by atoms with van der Waals surface area (Å²) in [7, 11) is 0. The first-order valence-electron chi connectivity index (χ1n) is 6.54. The zero-order chi connectivity index (χ0) is 13.8. The van der Waals surface area contributed by atoms with Crippen LogP contribution in [0.5, 0.6) is 11.5 Å². The molecule has 0 spiro atoms. The molecule has 0 aliphatic carbocycles. The summed E-state index contributed by atoms with van der Waals surface area (Å²) in [5.41, 5.74) is 1.69. The number of carbonyl (C=O) groups is 1. The summed E-state index contributed by atoms with van der Waals surface area (Å²) in [6, 6.07) is 3.67. The number of hydrogen-bond acceptors (Lipinski definition) is 4. The predicted octanol–water partition coefficient (Wildman–Crippen LogP) is 2.98. The van der Waals surface area contributed by atoms with Crippen molar-refractivity contribution in [2.45, 2.75) is 33.3 Å². The lowest BCUT2D eigenvalue weighted by molar-refractivity contribution is 0.168. The van der Waals surface area contributed by atoms with Gasteiger partial charge in [0, 0.05) is 24.1 Å². The molecule has 1 amide bonds. The third kappa shape index (κ3) is 3.10. The largest absolute Gasteiger partial charge is 0.494 e. The number of carbonyl (C=O) groups excluding carboxylic acids is 1. The van der Waals surface area contributed by atoms with Crippen LogP contribution >= 0.6 is 0 Å². The van der Waals surface area contributed by atoms with Gasteiger partial charge in [-0.05, 0) is 20.8 Å². The van der Waals surface area contributed by atoms with Crippen molar-refractivity contribution in [3.63, 3.8) is 0 Å². The Kier molecular flexibility index (Phi) is 4.14. The molecule has 0 saturated carbocycles. The highest BCUT2D eigenvalue weighted by Gasteiger charge is 2.24. The number of rotatable bonds is 4. The van der Waals surface area contributed by atoms with Crippen LogP contribution in [-0.2, 0) is 11.2 Å². The molecular formula is C14H19NO4. The number of nitrogens with one attached hydrogen (secondary N) is 1. The Balaban J connectivity index is 2.27. The second-order valence-corrected chi connectivity index (χ2v) is 4.36. The van der Waals surface area contributed by atoms with Crippen LogP contribution in [0.2, 0.25) is 0 Å². The lowest BCUT2D eigenvalue weighted by Gasteiger charge is -2.12. The highest BCUT2D eigenvalue weighted by Crippen LogP contribution is 2.38. The minimum absolute atomic E-state index is 0.106. The molecule has 1 N–H and O–H groups in total. The van der Waals surface area contributed by atoms with Gasteiger partial charge in [0.25, 0.3) is 0 Å². The van der Waals surface area contributed by atoms with E-state index in [1.54, 1.807) is 13.0 Å².